The zero-order valence-corrected chi connectivity index (χ0v) is 19.6. The van der Waals surface area contributed by atoms with E-state index in [0.29, 0.717) is 19.3 Å². The lowest BCUT2D eigenvalue weighted by molar-refractivity contribution is -0.193. The van der Waals surface area contributed by atoms with E-state index in [1.165, 1.54) is 0 Å². The summed E-state index contributed by atoms with van der Waals surface area (Å²) in [7, 11) is 0. The quantitative estimate of drug-likeness (QED) is 0.529. The highest BCUT2D eigenvalue weighted by molar-refractivity contribution is 5.73. The molecular weight excluding hydrogens is 530 g/mol. The monoisotopic (exact) mass is 554 g/mol. The summed E-state index contributed by atoms with van der Waals surface area (Å²) in [5, 5.41) is 14.2. The predicted molar refractivity (Wildman–Crippen MR) is 117 cm³/mol. The second-order valence-electron chi connectivity index (χ2n) is 7.95. The van der Waals surface area contributed by atoms with E-state index in [1.54, 1.807) is 18.6 Å². The van der Waals surface area contributed by atoms with Crippen LogP contribution in [0.2, 0.25) is 0 Å². The average Bonchev–Trinajstić information content (AvgIpc) is 3.28. The molecule has 4 heterocycles. The van der Waals surface area contributed by atoms with Crippen molar-refractivity contribution in [1.29, 1.82) is 0 Å². The summed E-state index contributed by atoms with van der Waals surface area (Å²) in [5.74, 6) is -4.69. The number of carboxylic acid groups (broad SMARTS) is 2. The Bertz CT molecular complexity index is 989. The van der Waals surface area contributed by atoms with Gasteiger partial charge >= 0.3 is 24.3 Å². The van der Waals surface area contributed by atoms with Crippen molar-refractivity contribution in [3.05, 3.63) is 48.5 Å². The van der Waals surface area contributed by atoms with Crippen molar-refractivity contribution in [2.45, 2.75) is 56.5 Å². The Hall–Kier alpha value is -3.53. The number of aromatic nitrogens is 3. The molecule has 0 aromatic carbocycles. The van der Waals surface area contributed by atoms with Gasteiger partial charge < -0.3 is 24.6 Å². The number of anilines is 1. The second-order valence-corrected chi connectivity index (χ2v) is 7.95. The average molecular weight is 554 g/mol. The normalized spacial score (nSPS) is 20.8. The van der Waals surface area contributed by atoms with Crippen LogP contribution in [0.3, 0.4) is 0 Å². The van der Waals surface area contributed by atoms with Gasteiger partial charge in [-0.05, 0) is 37.0 Å². The van der Waals surface area contributed by atoms with Gasteiger partial charge in [0.15, 0.2) is 0 Å². The van der Waals surface area contributed by atoms with Crippen LogP contribution >= 0.6 is 0 Å². The molecule has 0 amide bonds. The maximum Gasteiger partial charge on any atom is 0.490 e. The first kappa shape index (κ1) is 30.7. The van der Waals surface area contributed by atoms with Gasteiger partial charge in [0.2, 0.25) is 5.95 Å². The zero-order valence-electron chi connectivity index (χ0n) is 19.6. The first-order valence-corrected chi connectivity index (χ1v) is 11.0. The lowest BCUT2D eigenvalue weighted by atomic mass is 9.99. The van der Waals surface area contributed by atoms with Crippen molar-refractivity contribution in [3.63, 3.8) is 0 Å². The summed E-state index contributed by atoms with van der Waals surface area (Å²) in [5.41, 5.74) is 1.10. The van der Waals surface area contributed by atoms with Gasteiger partial charge in [-0.15, -0.1) is 0 Å². The summed E-state index contributed by atoms with van der Waals surface area (Å²) in [4.78, 5) is 32.9. The predicted octanol–water partition coefficient (Wildman–Crippen LogP) is 3.48. The van der Waals surface area contributed by atoms with Crippen molar-refractivity contribution in [2.75, 3.05) is 18.1 Å². The van der Waals surface area contributed by atoms with E-state index in [4.69, 9.17) is 29.3 Å². The van der Waals surface area contributed by atoms with Gasteiger partial charge in [0.1, 0.15) is 0 Å². The molecular formula is C22H24F6N4O6. The number of nitrogens with zero attached hydrogens (tertiary/aromatic N) is 4. The molecule has 210 valence electrons. The van der Waals surface area contributed by atoms with E-state index in [2.05, 4.69) is 19.9 Å². The molecule has 0 bridgehead atoms. The third kappa shape index (κ3) is 10.1. The number of pyridine rings is 1. The van der Waals surface area contributed by atoms with Gasteiger partial charge in [0.25, 0.3) is 0 Å². The summed E-state index contributed by atoms with van der Waals surface area (Å²) < 4.78 is 75.6. The number of halogens is 6. The molecule has 2 saturated heterocycles. The van der Waals surface area contributed by atoms with Crippen molar-refractivity contribution in [3.8, 4) is 0 Å². The molecule has 38 heavy (non-hydrogen) atoms. The van der Waals surface area contributed by atoms with E-state index in [0.717, 1.165) is 37.3 Å². The van der Waals surface area contributed by atoms with Gasteiger partial charge in [-0.1, -0.05) is 6.07 Å². The highest BCUT2D eigenvalue weighted by Crippen LogP contribution is 2.33. The molecule has 2 aliphatic rings. The largest absolute Gasteiger partial charge is 0.490 e. The number of hydrogen-bond donors (Lipinski definition) is 2. The van der Waals surface area contributed by atoms with Crippen molar-refractivity contribution >= 4 is 17.9 Å². The number of rotatable bonds is 5. The minimum absolute atomic E-state index is 0.180. The number of ether oxygens (including phenoxy) is 2. The molecule has 2 aliphatic heterocycles. The summed E-state index contributed by atoms with van der Waals surface area (Å²) in [6.45, 7) is 2.19. The van der Waals surface area contributed by atoms with Crippen molar-refractivity contribution in [1.82, 2.24) is 15.0 Å². The van der Waals surface area contributed by atoms with E-state index < -0.39 is 24.3 Å². The van der Waals surface area contributed by atoms with Crippen LogP contribution in [0.25, 0.3) is 0 Å². The third-order valence-electron chi connectivity index (χ3n) is 5.22. The van der Waals surface area contributed by atoms with Crippen molar-refractivity contribution < 1.29 is 55.6 Å². The maximum atomic E-state index is 10.6. The molecule has 2 aromatic heterocycles. The first-order valence-electron chi connectivity index (χ1n) is 11.0. The number of hydrogen-bond acceptors (Lipinski definition) is 8. The molecule has 0 saturated carbocycles. The topological polar surface area (TPSA) is 135 Å². The fourth-order valence-corrected chi connectivity index (χ4v) is 3.60. The maximum absolute atomic E-state index is 10.6. The van der Waals surface area contributed by atoms with Crippen LogP contribution in [-0.2, 0) is 25.7 Å². The standard InChI is InChI=1S/C18H22N4O2.2C2HF3O2/c1-3-14(11-19-7-1)12-23-13-15-4-5-16-17(24-15)6-10-22(16)18-20-8-2-9-21-18;2*3-2(4,5)1(6)7/h1-3,7-9,11,15-17H,4-6,10,12-13H2;2*(H,6,7)/t15-,16-,17-;;/m0../s1. The molecule has 2 N–H and O–H groups in total. The van der Waals surface area contributed by atoms with Crippen LogP contribution in [-0.4, -0.2) is 80.9 Å². The molecule has 16 heteroatoms. The summed E-state index contributed by atoms with van der Waals surface area (Å²) >= 11 is 0. The van der Waals surface area contributed by atoms with Gasteiger partial charge in [-0.2, -0.15) is 26.3 Å². The van der Waals surface area contributed by atoms with Gasteiger partial charge in [-0.3, -0.25) is 4.98 Å². The Morgan fingerprint density at radius 2 is 1.58 bits per heavy atom. The highest BCUT2D eigenvalue weighted by Gasteiger charge is 2.41. The fraction of sp³-hybridized carbons (Fsp3) is 0.500. The molecule has 0 aliphatic carbocycles. The molecule has 0 spiro atoms. The van der Waals surface area contributed by atoms with Crippen LogP contribution < -0.4 is 4.90 Å². The molecule has 4 rings (SSSR count). The highest BCUT2D eigenvalue weighted by atomic mass is 19.4. The lowest BCUT2D eigenvalue weighted by Crippen LogP contribution is -2.44. The van der Waals surface area contributed by atoms with Gasteiger partial charge in [0.05, 0.1) is 31.5 Å². The minimum atomic E-state index is -5.08. The van der Waals surface area contributed by atoms with Crippen LogP contribution in [0.15, 0.2) is 43.0 Å². The van der Waals surface area contributed by atoms with Gasteiger partial charge in [0, 0.05) is 31.3 Å². The fourth-order valence-electron chi connectivity index (χ4n) is 3.60. The first-order chi connectivity index (χ1) is 17.8. The molecule has 2 fully saturated rings. The van der Waals surface area contributed by atoms with E-state index >= 15 is 0 Å². The molecule has 0 radical (unpaired) electrons. The van der Waals surface area contributed by atoms with Crippen LogP contribution in [0.1, 0.15) is 24.8 Å². The second kappa shape index (κ2) is 13.9. The van der Waals surface area contributed by atoms with Crippen LogP contribution in [0.5, 0.6) is 0 Å². The minimum Gasteiger partial charge on any atom is -0.475 e. The third-order valence-corrected chi connectivity index (χ3v) is 5.22. The number of alkyl halides is 6. The molecule has 10 nitrogen and oxygen atoms in total. The lowest BCUT2D eigenvalue weighted by Gasteiger charge is -2.35. The Kier molecular flexibility index (Phi) is 11.2. The number of carboxylic acids is 2. The smallest absolute Gasteiger partial charge is 0.475 e. The molecule has 0 unspecified atom stereocenters. The number of aliphatic carboxylic acids is 2. The van der Waals surface area contributed by atoms with E-state index in [1.807, 2.05) is 24.4 Å². The summed E-state index contributed by atoms with van der Waals surface area (Å²) in [6, 6.07) is 6.20. The molecule has 3 atom stereocenters. The van der Waals surface area contributed by atoms with E-state index in [-0.39, 0.29) is 12.2 Å². The Labute approximate surface area is 212 Å². The SMILES string of the molecule is O=C(O)C(F)(F)F.O=C(O)C(F)(F)F.c1cnc(N2CC[C@@H]3O[C@H](COCc4cccnc4)CC[C@@H]32)nc1. The van der Waals surface area contributed by atoms with Crippen LogP contribution in [0.4, 0.5) is 32.3 Å². The van der Waals surface area contributed by atoms with Gasteiger partial charge in [-0.25, -0.2) is 19.6 Å². The van der Waals surface area contributed by atoms with Crippen LogP contribution in [0, 0.1) is 0 Å². The van der Waals surface area contributed by atoms with Crippen molar-refractivity contribution in [2.24, 2.45) is 0 Å². The van der Waals surface area contributed by atoms with E-state index in [9.17, 15) is 26.3 Å². The molecule has 2 aromatic rings. The Balaban J connectivity index is 0.000000301. The number of carbonyl (C=O) groups is 2. The Morgan fingerprint density at radius 1 is 0.974 bits per heavy atom. The zero-order chi connectivity index (χ0) is 28.3. The number of fused-ring (bicyclic) bond motifs is 1. The Morgan fingerprint density at radius 3 is 2.11 bits per heavy atom. The summed E-state index contributed by atoms with van der Waals surface area (Å²) in [6.07, 6.45) is 0.628.